The molecule has 31 heavy (non-hydrogen) atoms. The van der Waals surface area contributed by atoms with Crippen molar-refractivity contribution in [3.63, 3.8) is 0 Å². The first-order chi connectivity index (χ1) is 15.0. The van der Waals surface area contributed by atoms with Crippen LogP contribution in [0.4, 0.5) is 14.5 Å². The molecule has 1 fully saturated rings. The Balaban J connectivity index is 1.75. The number of pyridine rings is 1. The van der Waals surface area contributed by atoms with Crippen LogP contribution in [0.2, 0.25) is 0 Å². The summed E-state index contributed by atoms with van der Waals surface area (Å²) in [5.74, 6) is 0.368. The van der Waals surface area contributed by atoms with E-state index in [0.717, 1.165) is 41.0 Å². The van der Waals surface area contributed by atoms with E-state index in [-0.39, 0.29) is 11.6 Å². The number of fused-ring (bicyclic) bond motifs is 1. The van der Waals surface area contributed by atoms with Crippen LogP contribution in [0.5, 0.6) is 0 Å². The van der Waals surface area contributed by atoms with E-state index in [9.17, 15) is 8.78 Å². The van der Waals surface area contributed by atoms with E-state index in [0.29, 0.717) is 29.3 Å². The summed E-state index contributed by atoms with van der Waals surface area (Å²) in [4.78, 5) is 11.3. The molecule has 4 aromatic rings. The van der Waals surface area contributed by atoms with Gasteiger partial charge in [0, 0.05) is 44.0 Å². The molecule has 0 atom stereocenters. The van der Waals surface area contributed by atoms with E-state index in [1.54, 1.807) is 18.5 Å². The number of hydrogen-bond acceptors (Lipinski definition) is 4. The lowest BCUT2D eigenvalue weighted by Gasteiger charge is -2.42. The SMILES string of the molecule is Cc1cc(F)cc(-c2cncc(-c3nc4c(F)cccc4n3C)c2N2CC(CN)C2)c1. The second-order valence-electron chi connectivity index (χ2n) is 8.21. The molecule has 0 spiro atoms. The van der Waals surface area contributed by atoms with Crippen molar-refractivity contribution in [1.82, 2.24) is 14.5 Å². The maximum absolute atomic E-state index is 14.4. The molecule has 1 aliphatic rings. The fourth-order valence-electron chi connectivity index (χ4n) is 4.38. The molecule has 5 rings (SSSR count). The molecule has 2 aromatic carbocycles. The smallest absolute Gasteiger partial charge is 0.151 e. The summed E-state index contributed by atoms with van der Waals surface area (Å²) in [5, 5.41) is 0. The summed E-state index contributed by atoms with van der Waals surface area (Å²) < 4.78 is 30.5. The summed E-state index contributed by atoms with van der Waals surface area (Å²) in [6, 6.07) is 9.90. The topological polar surface area (TPSA) is 60.0 Å². The second-order valence-corrected chi connectivity index (χ2v) is 8.21. The highest BCUT2D eigenvalue weighted by Crippen LogP contribution is 2.42. The number of anilines is 1. The summed E-state index contributed by atoms with van der Waals surface area (Å²) in [5.41, 5.74) is 11.0. The summed E-state index contributed by atoms with van der Waals surface area (Å²) in [6.07, 6.45) is 3.51. The largest absolute Gasteiger partial charge is 0.370 e. The fraction of sp³-hybridized carbons (Fsp3) is 0.250. The fourth-order valence-corrected chi connectivity index (χ4v) is 4.38. The molecule has 0 unspecified atom stereocenters. The van der Waals surface area contributed by atoms with Crippen LogP contribution in [0.15, 0.2) is 48.8 Å². The Bertz CT molecular complexity index is 1270. The minimum absolute atomic E-state index is 0.292. The van der Waals surface area contributed by atoms with Crippen molar-refractivity contribution in [2.24, 2.45) is 18.7 Å². The van der Waals surface area contributed by atoms with Crippen LogP contribution in [0.1, 0.15) is 5.56 Å². The molecule has 0 radical (unpaired) electrons. The molecule has 0 amide bonds. The normalized spacial score (nSPS) is 14.3. The summed E-state index contributed by atoms with van der Waals surface area (Å²) in [7, 11) is 1.87. The van der Waals surface area contributed by atoms with E-state index in [4.69, 9.17) is 5.73 Å². The van der Waals surface area contributed by atoms with Crippen LogP contribution >= 0.6 is 0 Å². The first-order valence-electron chi connectivity index (χ1n) is 10.3. The molecule has 0 aliphatic carbocycles. The van der Waals surface area contributed by atoms with Gasteiger partial charge < -0.3 is 15.2 Å². The minimum atomic E-state index is -0.363. The van der Waals surface area contributed by atoms with Gasteiger partial charge in [-0.15, -0.1) is 0 Å². The van der Waals surface area contributed by atoms with Crippen LogP contribution in [-0.4, -0.2) is 34.2 Å². The van der Waals surface area contributed by atoms with Crippen LogP contribution in [0, 0.1) is 24.5 Å². The number of halogens is 2. The van der Waals surface area contributed by atoms with Crippen LogP contribution < -0.4 is 10.6 Å². The third-order valence-corrected chi connectivity index (χ3v) is 5.98. The number of hydrogen-bond donors (Lipinski definition) is 1. The average Bonchev–Trinajstić information content (AvgIpc) is 3.04. The predicted molar refractivity (Wildman–Crippen MR) is 119 cm³/mol. The van der Waals surface area contributed by atoms with Crippen molar-refractivity contribution in [3.8, 4) is 22.5 Å². The lowest BCUT2D eigenvalue weighted by atomic mass is 9.94. The molecule has 2 aromatic heterocycles. The monoisotopic (exact) mass is 419 g/mol. The number of aryl methyl sites for hydroxylation is 2. The van der Waals surface area contributed by atoms with Gasteiger partial charge >= 0.3 is 0 Å². The molecule has 158 valence electrons. The Morgan fingerprint density at radius 1 is 1.10 bits per heavy atom. The van der Waals surface area contributed by atoms with Crippen molar-refractivity contribution in [3.05, 3.63) is 66.0 Å². The number of para-hydroxylation sites is 1. The number of aromatic nitrogens is 3. The average molecular weight is 419 g/mol. The van der Waals surface area contributed by atoms with Gasteiger partial charge in [-0.25, -0.2) is 13.8 Å². The molecule has 0 saturated carbocycles. The third-order valence-electron chi connectivity index (χ3n) is 5.98. The van der Waals surface area contributed by atoms with Crippen molar-refractivity contribution >= 4 is 16.7 Å². The van der Waals surface area contributed by atoms with Gasteiger partial charge in [-0.1, -0.05) is 12.1 Å². The zero-order valence-corrected chi connectivity index (χ0v) is 17.4. The van der Waals surface area contributed by atoms with Gasteiger partial charge in [0.05, 0.1) is 16.8 Å². The van der Waals surface area contributed by atoms with Gasteiger partial charge in [0.2, 0.25) is 0 Å². The van der Waals surface area contributed by atoms with Gasteiger partial charge in [-0.2, -0.15) is 0 Å². The maximum atomic E-state index is 14.4. The predicted octanol–water partition coefficient (Wildman–Crippen LogP) is 4.28. The highest BCUT2D eigenvalue weighted by Gasteiger charge is 2.31. The minimum Gasteiger partial charge on any atom is -0.370 e. The van der Waals surface area contributed by atoms with E-state index in [1.807, 2.05) is 30.7 Å². The van der Waals surface area contributed by atoms with Crippen LogP contribution in [0.25, 0.3) is 33.5 Å². The molecular weight excluding hydrogens is 396 g/mol. The second kappa shape index (κ2) is 7.42. The molecule has 2 N–H and O–H groups in total. The number of rotatable bonds is 4. The van der Waals surface area contributed by atoms with E-state index >= 15 is 0 Å². The first kappa shape index (κ1) is 19.6. The molecule has 1 saturated heterocycles. The maximum Gasteiger partial charge on any atom is 0.151 e. The Labute approximate surface area is 179 Å². The quantitative estimate of drug-likeness (QED) is 0.536. The zero-order valence-electron chi connectivity index (χ0n) is 17.4. The van der Waals surface area contributed by atoms with E-state index in [1.165, 1.54) is 18.2 Å². The highest BCUT2D eigenvalue weighted by atomic mass is 19.1. The molecule has 7 heteroatoms. The number of nitrogens with zero attached hydrogens (tertiary/aromatic N) is 4. The lowest BCUT2D eigenvalue weighted by molar-refractivity contribution is 0.421. The van der Waals surface area contributed by atoms with Crippen molar-refractivity contribution in [2.75, 3.05) is 24.5 Å². The highest BCUT2D eigenvalue weighted by molar-refractivity contribution is 5.92. The first-order valence-corrected chi connectivity index (χ1v) is 10.3. The Kier molecular flexibility index (Phi) is 4.70. The van der Waals surface area contributed by atoms with Crippen molar-refractivity contribution < 1.29 is 8.78 Å². The third kappa shape index (κ3) is 3.25. The van der Waals surface area contributed by atoms with Crippen LogP contribution in [-0.2, 0) is 7.05 Å². The molecule has 0 bridgehead atoms. The van der Waals surface area contributed by atoms with Crippen LogP contribution in [0.3, 0.4) is 0 Å². The van der Waals surface area contributed by atoms with E-state index in [2.05, 4.69) is 14.9 Å². The molecular formula is C24H23F2N5. The number of imidazole rings is 1. The van der Waals surface area contributed by atoms with Crippen molar-refractivity contribution in [2.45, 2.75) is 6.92 Å². The molecule has 5 nitrogen and oxygen atoms in total. The lowest BCUT2D eigenvalue weighted by Crippen LogP contribution is -2.50. The van der Waals surface area contributed by atoms with Gasteiger partial charge in [0.25, 0.3) is 0 Å². The van der Waals surface area contributed by atoms with Gasteiger partial charge in [0.1, 0.15) is 17.2 Å². The number of nitrogens with two attached hydrogens (primary N) is 1. The summed E-state index contributed by atoms with van der Waals surface area (Å²) >= 11 is 0. The van der Waals surface area contributed by atoms with Gasteiger partial charge in [0.15, 0.2) is 5.82 Å². The van der Waals surface area contributed by atoms with E-state index < -0.39 is 0 Å². The molecule has 1 aliphatic heterocycles. The van der Waals surface area contributed by atoms with Crippen molar-refractivity contribution in [1.29, 1.82) is 0 Å². The standard InChI is InChI=1S/C24H23F2N5/c1-14-6-16(8-17(25)7-14)18-10-28-11-19(23(18)31-12-15(9-27)13-31)24-29-22-20(26)4-3-5-21(22)30(24)2/h3-8,10-11,15H,9,12-13,27H2,1-2H3. The Morgan fingerprint density at radius 3 is 2.58 bits per heavy atom. The number of benzene rings is 2. The Hall–Kier alpha value is -3.32. The molecule has 3 heterocycles. The zero-order chi connectivity index (χ0) is 21.7. The van der Waals surface area contributed by atoms with Gasteiger partial charge in [-0.05, 0) is 48.9 Å². The Morgan fingerprint density at radius 2 is 1.87 bits per heavy atom. The van der Waals surface area contributed by atoms with Gasteiger partial charge in [-0.3, -0.25) is 4.98 Å². The summed E-state index contributed by atoms with van der Waals surface area (Å²) in [6.45, 7) is 4.08.